The minimum absolute atomic E-state index is 0. The molecule has 6 heterocycles. The van der Waals surface area contributed by atoms with Crippen LogP contribution in [-0.4, -0.2) is 100 Å². The maximum Gasteiger partial charge on any atom is 0.332 e. The zero-order chi connectivity index (χ0) is 32.3. The molecule has 0 aromatic carbocycles. The highest BCUT2D eigenvalue weighted by Gasteiger charge is 2.19. The van der Waals surface area contributed by atoms with Gasteiger partial charge in [-0.3, -0.25) is 0 Å². The molecule has 4 N–H and O–H groups in total. The van der Waals surface area contributed by atoms with Crippen LogP contribution in [0, 0.1) is 0 Å². The Morgan fingerprint density at radius 3 is 1.54 bits per heavy atom. The standard InChI is InChI=1S/C13H11Cl2N5O2.C10H6Cl2N4O2.C3H7NO.ClH/c14-10-3-8(4-11(15)18-10)13-17-7-20(19-13)2-1-12(21)22-9-5-16-6-9;11-7-3-6(4-8(12)14-7)10-13-5-16(15-10)2-1-9(17)18;5-3-1-4-2-3;/h1-4,7,9,16H,5-6H2;1-5H,(H,17,18);3-5H,1-2H2;1H/b2*2-1-;;. The van der Waals surface area contributed by atoms with Gasteiger partial charge in [0.25, 0.3) is 0 Å². The van der Waals surface area contributed by atoms with Gasteiger partial charge < -0.3 is 25.6 Å². The highest BCUT2D eigenvalue weighted by molar-refractivity contribution is 6.33. The molecule has 15 nitrogen and oxygen atoms in total. The first-order chi connectivity index (χ1) is 21.5. The number of ether oxygens (including phenoxy) is 1. The van der Waals surface area contributed by atoms with Crippen molar-refractivity contribution in [2.45, 2.75) is 12.2 Å². The Bertz CT molecular complexity index is 1650. The fraction of sp³-hybridized carbons (Fsp3) is 0.231. The van der Waals surface area contributed by atoms with Crippen LogP contribution in [0.15, 0.2) is 49.1 Å². The third-order valence-electron chi connectivity index (χ3n) is 5.58. The van der Waals surface area contributed by atoms with Crippen LogP contribution in [0.4, 0.5) is 0 Å². The number of rotatable bonds is 7. The molecule has 0 amide bonds. The van der Waals surface area contributed by atoms with Crippen LogP contribution >= 0.6 is 58.8 Å². The molecule has 4 aromatic rings. The number of carboxylic acid groups (broad SMARTS) is 1. The molecular formula is C26H25Cl5N10O5. The minimum Gasteiger partial charge on any atom is -0.478 e. The molecule has 2 aliphatic heterocycles. The Balaban J connectivity index is 0.000000216. The van der Waals surface area contributed by atoms with E-state index < -0.39 is 11.9 Å². The average molecular weight is 735 g/mol. The smallest absolute Gasteiger partial charge is 0.332 e. The quantitative estimate of drug-likeness (QED) is 0.123. The van der Waals surface area contributed by atoms with Gasteiger partial charge in [0, 0.05) is 61.9 Å². The number of halogens is 5. The van der Waals surface area contributed by atoms with Crippen LogP contribution in [0.1, 0.15) is 0 Å². The van der Waals surface area contributed by atoms with Gasteiger partial charge in [-0.25, -0.2) is 38.9 Å². The van der Waals surface area contributed by atoms with Crippen molar-refractivity contribution in [2.75, 3.05) is 26.2 Å². The highest BCUT2D eigenvalue weighted by Crippen LogP contribution is 2.23. The number of aliphatic hydroxyl groups is 1. The number of carbonyl (C=O) groups excluding carboxylic acids is 1. The second-order valence-corrected chi connectivity index (χ2v) is 10.6. The van der Waals surface area contributed by atoms with Crippen LogP contribution in [-0.2, 0) is 14.3 Å². The van der Waals surface area contributed by atoms with E-state index in [9.17, 15) is 9.59 Å². The van der Waals surface area contributed by atoms with Gasteiger partial charge in [-0.1, -0.05) is 46.4 Å². The number of hydrogen-bond donors (Lipinski definition) is 4. The Kier molecular flexibility index (Phi) is 14.3. The fourth-order valence-electron chi connectivity index (χ4n) is 3.25. The maximum absolute atomic E-state index is 11.5. The summed E-state index contributed by atoms with van der Waals surface area (Å²) in [6, 6.07) is 6.34. The van der Waals surface area contributed by atoms with Gasteiger partial charge in [0.05, 0.1) is 6.10 Å². The molecule has 6 rings (SSSR count). The van der Waals surface area contributed by atoms with Crippen molar-refractivity contribution in [3.05, 3.63) is 69.7 Å². The summed E-state index contributed by atoms with van der Waals surface area (Å²) in [7, 11) is 0. The summed E-state index contributed by atoms with van der Waals surface area (Å²) in [5, 5.41) is 32.0. The number of pyridine rings is 2. The van der Waals surface area contributed by atoms with Crippen molar-refractivity contribution < 1.29 is 24.5 Å². The van der Waals surface area contributed by atoms with Gasteiger partial charge >= 0.3 is 11.9 Å². The molecule has 46 heavy (non-hydrogen) atoms. The van der Waals surface area contributed by atoms with Crippen molar-refractivity contribution in [1.82, 2.24) is 50.1 Å². The van der Waals surface area contributed by atoms with Crippen molar-refractivity contribution in [3.8, 4) is 22.8 Å². The van der Waals surface area contributed by atoms with Crippen molar-refractivity contribution >= 4 is 83.1 Å². The second-order valence-electron chi connectivity index (χ2n) is 9.10. The summed E-state index contributed by atoms with van der Waals surface area (Å²) in [5.41, 5.74) is 1.24. The summed E-state index contributed by atoms with van der Waals surface area (Å²) in [6.07, 6.45) is 7.72. The summed E-state index contributed by atoms with van der Waals surface area (Å²) < 4.78 is 7.81. The molecule has 0 aliphatic carbocycles. The molecule has 0 saturated carbocycles. The van der Waals surface area contributed by atoms with Gasteiger partial charge in [-0.15, -0.1) is 22.6 Å². The van der Waals surface area contributed by atoms with E-state index in [0.29, 0.717) is 35.9 Å². The number of carboxylic acids is 1. The Hall–Kier alpha value is -3.67. The molecule has 0 spiro atoms. The van der Waals surface area contributed by atoms with E-state index in [2.05, 4.69) is 40.8 Å². The minimum atomic E-state index is -1.07. The summed E-state index contributed by atoms with van der Waals surface area (Å²) in [5.74, 6) is -0.691. The van der Waals surface area contributed by atoms with E-state index in [1.165, 1.54) is 40.5 Å². The third kappa shape index (κ3) is 11.9. The van der Waals surface area contributed by atoms with E-state index in [1.807, 2.05) is 0 Å². The first-order valence-electron chi connectivity index (χ1n) is 12.9. The number of β-amino-alcohol motifs (C(OH)–C–C–N with tert-alkyl or cyclic N) is 1. The first-order valence-corrected chi connectivity index (χ1v) is 14.4. The summed E-state index contributed by atoms with van der Waals surface area (Å²) in [4.78, 5) is 37.7. The number of hydrogen-bond acceptors (Lipinski definition) is 12. The number of esters is 1. The van der Waals surface area contributed by atoms with E-state index >= 15 is 0 Å². The summed E-state index contributed by atoms with van der Waals surface area (Å²) in [6.45, 7) is 2.97. The third-order valence-corrected chi connectivity index (χ3v) is 6.35. The SMILES string of the molecule is Cl.O=C(/C=C\n1cnc(-c2cc(Cl)nc(Cl)c2)n1)OC1CNC1.O=C(O)/C=C\n1cnc(-c2cc(Cl)nc(Cl)c2)n1.OC1CNC1. The van der Waals surface area contributed by atoms with Gasteiger partial charge in [0.15, 0.2) is 11.6 Å². The number of aliphatic carboxylic acids is 1. The molecule has 20 heteroatoms. The lowest BCUT2D eigenvalue weighted by Gasteiger charge is -2.25. The number of aliphatic hydroxyl groups excluding tert-OH is 1. The Labute approximate surface area is 287 Å². The second kappa shape index (κ2) is 17.9. The van der Waals surface area contributed by atoms with E-state index in [0.717, 1.165) is 19.2 Å². The number of aromatic nitrogens is 8. The van der Waals surface area contributed by atoms with Crippen LogP contribution < -0.4 is 10.6 Å². The van der Waals surface area contributed by atoms with Crippen LogP contribution in [0.2, 0.25) is 20.6 Å². The normalized spacial score (nSPS) is 14.3. The number of carbonyl (C=O) groups is 2. The van der Waals surface area contributed by atoms with Crippen molar-refractivity contribution in [3.63, 3.8) is 0 Å². The Morgan fingerprint density at radius 2 is 1.20 bits per heavy atom. The zero-order valence-corrected chi connectivity index (χ0v) is 27.2. The molecule has 0 atom stereocenters. The van der Waals surface area contributed by atoms with E-state index in [4.69, 9.17) is 61.4 Å². The van der Waals surface area contributed by atoms with Gasteiger partial charge in [0.2, 0.25) is 0 Å². The van der Waals surface area contributed by atoms with E-state index in [-0.39, 0.29) is 45.2 Å². The van der Waals surface area contributed by atoms with Crippen molar-refractivity contribution in [2.24, 2.45) is 0 Å². The van der Waals surface area contributed by atoms with Crippen LogP contribution in [0.5, 0.6) is 0 Å². The lowest BCUT2D eigenvalue weighted by molar-refractivity contribution is -0.145. The summed E-state index contributed by atoms with van der Waals surface area (Å²) >= 11 is 23.2. The fourth-order valence-corrected chi connectivity index (χ4v) is 4.17. The molecule has 0 unspecified atom stereocenters. The molecule has 2 saturated heterocycles. The highest BCUT2D eigenvalue weighted by atomic mass is 35.5. The van der Waals surface area contributed by atoms with E-state index in [1.54, 1.807) is 24.3 Å². The zero-order valence-electron chi connectivity index (χ0n) is 23.4. The number of nitrogens with one attached hydrogen (secondary N) is 2. The predicted molar refractivity (Wildman–Crippen MR) is 174 cm³/mol. The van der Waals surface area contributed by atoms with Gasteiger partial charge in [-0.2, -0.15) is 0 Å². The Morgan fingerprint density at radius 1 is 0.783 bits per heavy atom. The largest absolute Gasteiger partial charge is 0.478 e. The van der Waals surface area contributed by atoms with Gasteiger partial charge in [0.1, 0.15) is 39.4 Å². The topological polar surface area (TPSA) is 195 Å². The molecule has 2 aliphatic rings. The van der Waals surface area contributed by atoms with Crippen LogP contribution in [0.3, 0.4) is 0 Å². The molecule has 0 radical (unpaired) electrons. The lowest BCUT2D eigenvalue weighted by atomic mass is 10.2. The van der Waals surface area contributed by atoms with Crippen molar-refractivity contribution in [1.29, 1.82) is 0 Å². The predicted octanol–water partition coefficient (Wildman–Crippen LogP) is 3.21. The maximum atomic E-state index is 11.5. The average Bonchev–Trinajstić information content (AvgIpc) is 3.62. The lowest BCUT2D eigenvalue weighted by Crippen LogP contribution is -2.49. The molecular weight excluding hydrogens is 710 g/mol. The molecule has 0 bridgehead atoms. The molecule has 2 fully saturated rings. The van der Waals surface area contributed by atoms with Crippen LogP contribution in [0.25, 0.3) is 35.2 Å². The van der Waals surface area contributed by atoms with Gasteiger partial charge in [-0.05, 0) is 24.3 Å². The first kappa shape index (κ1) is 36.8. The molecule has 4 aromatic heterocycles. The molecule has 244 valence electrons. The monoisotopic (exact) mass is 732 g/mol. The number of nitrogens with zero attached hydrogens (tertiary/aromatic N) is 8.